The number of methoxy groups -OCH3 is 1. The van der Waals surface area contributed by atoms with Crippen molar-refractivity contribution in [3.8, 4) is 0 Å². The van der Waals surface area contributed by atoms with E-state index >= 15 is 0 Å². The van der Waals surface area contributed by atoms with Gasteiger partial charge < -0.3 is 20.4 Å². The van der Waals surface area contributed by atoms with Crippen LogP contribution in [0, 0.1) is 0 Å². The second-order valence-corrected chi connectivity index (χ2v) is 8.18. The highest BCUT2D eigenvalue weighted by atomic mass is 35.5. The van der Waals surface area contributed by atoms with Crippen LogP contribution in [0.4, 0.5) is 26.9 Å². The van der Waals surface area contributed by atoms with Crippen molar-refractivity contribution >= 4 is 63.8 Å². The van der Waals surface area contributed by atoms with Crippen molar-refractivity contribution in [1.29, 1.82) is 0 Å². The summed E-state index contributed by atoms with van der Waals surface area (Å²) < 4.78 is 4.57. The Morgan fingerprint density at radius 3 is 2.44 bits per heavy atom. The predicted octanol–water partition coefficient (Wildman–Crippen LogP) is 6.19. The number of halogens is 1. The van der Waals surface area contributed by atoms with E-state index in [4.69, 9.17) is 11.6 Å². The Hall–Kier alpha value is -3.69. The van der Waals surface area contributed by atoms with Gasteiger partial charge in [-0.3, -0.25) is 5.32 Å². The molecular formula is C22H18ClN5O3S. The molecule has 4 aromatic rings. The van der Waals surface area contributed by atoms with Gasteiger partial charge in [0.25, 0.3) is 0 Å². The molecule has 3 amide bonds. The molecule has 0 radical (unpaired) electrons. The fraction of sp³-hybridized carbons (Fsp3) is 0.0455. The lowest BCUT2D eigenvalue weighted by Crippen LogP contribution is -2.19. The van der Waals surface area contributed by atoms with Gasteiger partial charge in [-0.15, -0.1) is 0 Å². The number of ether oxygens (including phenoxy) is 1. The summed E-state index contributed by atoms with van der Waals surface area (Å²) in [5, 5.41) is 8.58. The van der Waals surface area contributed by atoms with Crippen LogP contribution in [0.1, 0.15) is 0 Å². The fourth-order valence-electron chi connectivity index (χ4n) is 2.86. The Morgan fingerprint density at radius 1 is 0.938 bits per heavy atom. The quantitative estimate of drug-likeness (QED) is 0.280. The van der Waals surface area contributed by atoms with Gasteiger partial charge in [-0.25, -0.2) is 14.6 Å². The molecule has 1 aromatic heterocycles. The fourth-order valence-corrected chi connectivity index (χ4v) is 3.91. The summed E-state index contributed by atoms with van der Waals surface area (Å²) in [5.74, 6) is 0.320. The van der Waals surface area contributed by atoms with Gasteiger partial charge in [0.05, 0.1) is 18.1 Å². The Morgan fingerprint density at radius 2 is 1.69 bits per heavy atom. The lowest BCUT2D eigenvalue weighted by Gasteiger charge is -2.09. The number of amides is 3. The number of benzene rings is 3. The first-order chi connectivity index (χ1) is 15.5. The van der Waals surface area contributed by atoms with Crippen LogP contribution < -0.4 is 16.0 Å². The van der Waals surface area contributed by atoms with E-state index in [0.29, 0.717) is 22.3 Å². The number of fused-ring (bicyclic) bond motifs is 1. The van der Waals surface area contributed by atoms with Crippen molar-refractivity contribution in [2.45, 2.75) is 9.79 Å². The number of hydrogen-bond donors (Lipinski definition) is 4. The molecule has 1 heterocycles. The SMILES string of the molecule is COC(=O)Nc1nc2ccc(Sc3ccc(NC(=O)Nc4cccc(Cl)c4)cc3)cc2[nH]1. The molecule has 0 bridgehead atoms. The number of rotatable bonds is 5. The van der Waals surface area contributed by atoms with E-state index in [1.54, 1.807) is 36.0 Å². The number of aromatic nitrogens is 2. The Balaban J connectivity index is 1.38. The molecule has 0 unspecified atom stereocenters. The normalized spacial score (nSPS) is 10.6. The van der Waals surface area contributed by atoms with Crippen molar-refractivity contribution < 1.29 is 14.3 Å². The largest absolute Gasteiger partial charge is 0.453 e. The van der Waals surface area contributed by atoms with Crippen molar-refractivity contribution in [2.75, 3.05) is 23.1 Å². The molecule has 0 atom stereocenters. The maximum Gasteiger partial charge on any atom is 0.413 e. The van der Waals surface area contributed by atoms with E-state index in [-0.39, 0.29) is 6.03 Å². The predicted molar refractivity (Wildman–Crippen MR) is 127 cm³/mol. The van der Waals surface area contributed by atoms with E-state index < -0.39 is 6.09 Å². The molecular weight excluding hydrogens is 450 g/mol. The molecule has 0 saturated carbocycles. The molecule has 0 aliphatic heterocycles. The van der Waals surface area contributed by atoms with Crippen LogP contribution in [0.5, 0.6) is 0 Å². The average Bonchev–Trinajstić information content (AvgIpc) is 3.16. The van der Waals surface area contributed by atoms with Gasteiger partial charge in [0.1, 0.15) is 0 Å². The second kappa shape index (κ2) is 9.63. The standard InChI is InChI=1S/C22H18ClN5O3S/c1-31-22(30)28-20-26-18-10-9-17(12-19(18)27-20)32-16-7-5-14(6-8-16)24-21(29)25-15-4-2-3-13(23)11-15/h2-12H,1H3,(H2,24,25,29)(H2,26,27,28,30). The van der Waals surface area contributed by atoms with Gasteiger partial charge in [0.15, 0.2) is 0 Å². The lowest BCUT2D eigenvalue weighted by atomic mass is 10.3. The molecule has 0 spiro atoms. The van der Waals surface area contributed by atoms with Crippen LogP contribution in [-0.4, -0.2) is 29.2 Å². The summed E-state index contributed by atoms with van der Waals surface area (Å²) >= 11 is 7.49. The van der Waals surface area contributed by atoms with Gasteiger partial charge in [-0.05, 0) is 60.7 Å². The number of anilines is 3. The topological polar surface area (TPSA) is 108 Å². The number of urea groups is 1. The zero-order valence-electron chi connectivity index (χ0n) is 16.8. The average molecular weight is 468 g/mol. The van der Waals surface area contributed by atoms with Gasteiger partial charge >= 0.3 is 12.1 Å². The smallest absolute Gasteiger partial charge is 0.413 e. The maximum absolute atomic E-state index is 12.2. The summed E-state index contributed by atoms with van der Waals surface area (Å²) in [6.45, 7) is 0. The van der Waals surface area contributed by atoms with Crippen LogP contribution in [0.15, 0.2) is 76.5 Å². The molecule has 0 aliphatic carbocycles. The first-order valence-electron chi connectivity index (χ1n) is 9.45. The van der Waals surface area contributed by atoms with E-state index in [2.05, 4.69) is 30.7 Å². The number of H-pyrrole nitrogens is 1. The monoisotopic (exact) mass is 467 g/mol. The number of hydrogen-bond acceptors (Lipinski definition) is 5. The molecule has 0 fully saturated rings. The summed E-state index contributed by atoms with van der Waals surface area (Å²) in [4.78, 5) is 32.8. The number of aromatic amines is 1. The molecule has 10 heteroatoms. The molecule has 32 heavy (non-hydrogen) atoms. The highest BCUT2D eigenvalue weighted by Crippen LogP contribution is 2.31. The third-order valence-corrected chi connectivity index (χ3v) is 5.52. The Bertz CT molecular complexity index is 1280. The zero-order valence-corrected chi connectivity index (χ0v) is 18.4. The van der Waals surface area contributed by atoms with Crippen LogP contribution in [0.3, 0.4) is 0 Å². The van der Waals surface area contributed by atoms with Gasteiger partial charge in [-0.1, -0.05) is 29.4 Å². The minimum absolute atomic E-state index is 0.320. The Kier molecular flexibility index (Phi) is 6.48. The van der Waals surface area contributed by atoms with Crippen molar-refractivity contribution in [3.05, 3.63) is 71.8 Å². The molecule has 0 aliphatic rings. The number of carbonyl (C=O) groups is 2. The number of nitrogens with zero attached hydrogens (tertiary/aromatic N) is 1. The van der Waals surface area contributed by atoms with Crippen molar-refractivity contribution in [2.24, 2.45) is 0 Å². The minimum atomic E-state index is -0.589. The van der Waals surface area contributed by atoms with Crippen LogP contribution in [-0.2, 0) is 4.74 Å². The van der Waals surface area contributed by atoms with Crippen LogP contribution in [0.2, 0.25) is 5.02 Å². The van der Waals surface area contributed by atoms with Crippen molar-refractivity contribution in [1.82, 2.24) is 9.97 Å². The van der Waals surface area contributed by atoms with Crippen molar-refractivity contribution in [3.63, 3.8) is 0 Å². The lowest BCUT2D eigenvalue weighted by molar-refractivity contribution is 0.186. The van der Waals surface area contributed by atoms with E-state index in [1.807, 2.05) is 42.5 Å². The summed E-state index contributed by atoms with van der Waals surface area (Å²) in [6.07, 6.45) is -0.589. The first-order valence-corrected chi connectivity index (χ1v) is 10.6. The first kappa shape index (κ1) is 21.5. The summed E-state index contributed by atoms with van der Waals surface area (Å²) in [5.41, 5.74) is 2.79. The Labute approximate surface area is 192 Å². The van der Waals surface area contributed by atoms with Gasteiger partial charge in [-0.2, -0.15) is 0 Å². The van der Waals surface area contributed by atoms with E-state index in [0.717, 1.165) is 20.8 Å². The number of nitrogens with one attached hydrogen (secondary N) is 4. The van der Waals surface area contributed by atoms with Crippen LogP contribution >= 0.6 is 23.4 Å². The van der Waals surface area contributed by atoms with Gasteiger partial charge in [0.2, 0.25) is 5.95 Å². The number of carbonyl (C=O) groups excluding carboxylic acids is 2. The molecule has 8 nitrogen and oxygen atoms in total. The molecule has 0 saturated heterocycles. The summed E-state index contributed by atoms with van der Waals surface area (Å²) in [7, 11) is 1.29. The zero-order chi connectivity index (χ0) is 22.5. The molecule has 3 aromatic carbocycles. The molecule has 4 rings (SSSR count). The highest BCUT2D eigenvalue weighted by Gasteiger charge is 2.08. The number of imidazole rings is 1. The van der Waals surface area contributed by atoms with E-state index in [9.17, 15) is 9.59 Å². The summed E-state index contributed by atoms with van der Waals surface area (Å²) in [6, 6.07) is 19.8. The maximum atomic E-state index is 12.2. The van der Waals surface area contributed by atoms with Crippen LogP contribution in [0.25, 0.3) is 11.0 Å². The third-order valence-electron chi connectivity index (χ3n) is 4.29. The third kappa shape index (κ3) is 5.51. The van der Waals surface area contributed by atoms with E-state index in [1.165, 1.54) is 7.11 Å². The molecule has 162 valence electrons. The minimum Gasteiger partial charge on any atom is -0.453 e. The molecule has 4 N–H and O–H groups in total. The highest BCUT2D eigenvalue weighted by molar-refractivity contribution is 7.99. The second-order valence-electron chi connectivity index (χ2n) is 6.60. The van der Waals surface area contributed by atoms with Gasteiger partial charge in [0, 0.05) is 26.2 Å².